The summed E-state index contributed by atoms with van der Waals surface area (Å²) in [7, 11) is 0. The molecule has 0 aromatic heterocycles. The van der Waals surface area contributed by atoms with Crippen LogP contribution in [0.5, 0.6) is 0 Å². The summed E-state index contributed by atoms with van der Waals surface area (Å²) in [6, 6.07) is 10.5. The van der Waals surface area contributed by atoms with Crippen LogP contribution in [0.15, 0.2) is 30.3 Å². The summed E-state index contributed by atoms with van der Waals surface area (Å²) >= 11 is 0. The van der Waals surface area contributed by atoms with E-state index in [0.29, 0.717) is 0 Å². The van der Waals surface area contributed by atoms with E-state index in [1.54, 1.807) is 0 Å². The molecule has 1 saturated heterocycles. The minimum atomic E-state index is -0.275. The number of hydrogen-bond acceptors (Lipinski definition) is 2. The van der Waals surface area contributed by atoms with Crippen LogP contribution in [0.4, 0.5) is 0 Å². The molecule has 0 saturated carbocycles. The predicted octanol–water partition coefficient (Wildman–Crippen LogP) is 2.25. The number of aliphatic hydroxyl groups is 1. The molecule has 1 fully saturated rings. The zero-order valence-electron chi connectivity index (χ0n) is 10.1. The van der Waals surface area contributed by atoms with Gasteiger partial charge >= 0.3 is 0 Å². The summed E-state index contributed by atoms with van der Waals surface area (Å²) in [6.07, 6.45) is 0.999. The summed E-state index contributed by atoms with van der Waals surface area (Å²) in [6.45, 7) is 6.51. The Bertz CT molecular complexity index is 321. The number of benzene rings is 1. The summed E-state index contributed by atoms with van der Waals surface area (Å²) < 4.78 is 0. The summed E-state index contributed by atoms with van der Waals surface area (Å²) in [5, 5.41) is 10.3. The van der Waals surface area contributed by atoms with Crippen LogP contribution in [-0.2, 0) is 0 Å². The van der Waals surface area contributed by atoms with Crippen molar-refractivity contribution in [3.8, 4) is 0 Å². The van der Waals surface area contributed by atoms with Gasteiger partial charge in [0.2, 0.25) is 0 Å². The molecule has 0 aliphatic carbocycles. The van der Waals surface area contributed by atoms with E-state index >= 15 is 0 Å². The van der Waals surface area contributed by atoms with Gasteiger partial charge in [-0.15, -0.1) is 0 Å². The maximum Gasteiger partial charge on any atom is 0.0758 e. The quantitative estimate of drug-likeness (QED) is 0.839. The van der Waals surface area contributed by atoms with Crippen LogP contribution in [0.3, 0.4) is 0 Å². The number of aliphatic hydroxyl groups excluding tert-OH is 1. The number of nitrogens with zero attached hydrogens (tertiary/aromatic N) is 1. The Hall–Kier alpha value is -0.860. The summed E-state index contributed by atoms with van der Waals surface area (Å²) in [5.41, 5.74) is 1.22. The maximum atomic E-state index is 10.3. The third-order valence-corrected chi connectivity index (χ3v) is 3.80. The Morgan fingerprint density at radius 3 is 2.25 bits per heavy atom. The topological polar surface area (TPSA) is 23.5 Å². The van der Waals surface area contributed by atoms with Crippen molar-refractivity contribution in [3.63, 3.8) is 0 Å². The molecule has 1 N–H and O–H groups in total. The summed E-state index contributed by atoms with van der Waals surface area (Å²) in [4.78, 5) is 2.35. The van der Waals surface area contributed by atoms with E-state index in [1.807, 2.05) is 18.2 Å². The molecule has 2 nitrogen and oxygen atoms in total. The molecule has 0 amide bonds. The van der Waals surface area contributed by atoms with Crippen molar-refractivity contribution in [1.82, 2.24) is 4.90 Å². The first kappa shape index (κ1) is 11.6. The van der Waals surface area contributed by atoms with Crippen molar-refractivity contribution in [2.24, 2.45) is 0 Å². The Kier molecular flexibility index (Phi) is 3.62. The third kappa shape index (κ3) is 2.28. The lowest BCUT2D eigenvalue weighted by molar-refractivity contribution is 0.0132. The normalized spacial score (nSPS) is 22.2. The lowest BCUT2D eigenvalue weighted by atomic mass is 9.90. The molecule has 16 heavy (non-hydrogen) atoms. The van der Waals surface area contributed by atoms with Crippen LogP contribution in [0, 0.1) is 0 Å². The van der Waals surface area contributed by atoms with E-state index in [0.717, 1.165) is 13.1 Å². The fourth-order valence-corrected chi connectivity index (χ4v) is 2.34. The van der Waals surface area contributed by atoms with Crippen LogP contribution in [0.2, 0.25) is 0 Å². The standard InChI is InChI=1S/C14H21NO/c1-11(13-7-4-3-5-8-13)14(16)12(2)15-9-6-10-15/h3-5,7-8,11-12,14,16H,6,9-10H2,1-2H3. The highest BCUT2D eigenvalue weighted by molar-refractivity contribution is 5.20. The molecule has 3 atom stereocenters. The monoisotopic (exact) mass is 219 g/mol. The van der Waals surface area contributed by atoms with Crippen LogP contribution >= 0.6 is 0 Å². The molecule has 2 heteroatoms. The van der Waals surface area contributed by atoms with E-state index in [-0.39, 0.29) is 18.1 Å². The van der Waals surface area contributed by atoms with Gasteiger partial charge in [0.15, 0.2) is 0 Å². The Morgan fingerprint density at radius 2 is 1.75 bits per heavy atom. The van der Waals surface area contributed by atoms with Gasteiger partial charge in [-0.25, -0.2) is 0 Å². The summed E-state index contributed by atoms with van der Waals surface area (Å²) in [5.74, 6) is 0.205. The van der Waals surface area contributed by atoms with Crippen LogP contribution in [0.1, 0.15) is 31.7 Å². The second-order valence-electron chi connectivity index (χ2n) is 4.82. The lowest BCUT2D eigenvalue weighted by Gasteiger charge is -2.40. The number of rotatable bonds is 4. The van der Waals surface area contributed by atoms with Gasteiger partial charge in [-0.2, -0.15) is 0 Å². The van der Waals surface area contributed by atoms with Gasteiger partial charge in [0.05, 0.1) is 6.10 Å². The minimum absolute atomic E-state index is 0.205. The Balaban J connectivity index is 2.00. The number of likely N-dealkylation sites (tertiary alicyclic amines) is 1. The van der Waals surface area contributed by atoms with Gasteiger partial charge in [0.1, 0.15) is 0 Å². The van der Waals surface area contributed by atoms with Gasteiger partial charge in [0.25, 0.3) is 0 Å². The third-order valence-electron chi connectivity index (χ3n) is 3.80. The van der Waals surface area contributed by atoms with Crippen molar-refractivity contribution in [1.29, 1.82) is 0 Å². The predicted molar refractivity (Wildman–Crippen MR) is 66.5 cm³/mol. The van der Waals surface area contributed by atoms with Gasteiger partial charge in [-0.05, 0) is 32.0 Å². The maximum absolute atomic E-state index is 10.3. The minimum Gasteiger partial charge on any atom is -0.391 e. The molecular formula is C14H21NO. The van der Waals surface area contributed by atoms with Crippen molar-refractivity contribution in [3.05, 3.63) is 35.9 Å². The molecule has 1 heterocycles. The van der Waals surface area contributed by atoms with E-state index in [4.69, 9.17) is 0 Å². The van der Waals surface area contributed by atoms with Crippen molar-refractivity contribution in [2.75, 3.05) is 13.1 Å². The van der Waals surface area contributed by atoms with Crippen LogP contribution < -0.4 is 0 Å². The lowest BCUT2D eigenvalue weighted by Crippen LogP contribution is -2.50. The molecule has 1 aromatic carbocycles. The van der Waals surface area contributed by atoms with Gasteiger partial charge < -0.3 is 5.11 Å². The Morgan fingerprint density at radius 1 is 1.12 bits per heavy atom. The molecule has 3 unspecified atom stereocenters. The fraction of sp³-hybridized carbons (Fsp3) is 0.571. The first-order chi connectivity index (χ1) is 7.70. The first-order valence-corrected chi connectivity index (χ1v) is 6.17. The highest BCUT2D eigenvalue weighted by atomic mass is 16.3. The smallest absolute Gasteiger partial charge is 0.0758 e. The zero-order valence-corrected chi connectivity index (χ0v) is 10.1. The average Bonchev–Trinajstić information content (AvgIpc) is 2.26. The highest BCUT2D eigenvalue weighted by Crippen LogP contribution is 2.25. The van der Waals surface area contributed by atoms with Crippen LogP contribution in [-0.4, -0.2) is 35.2 Å². The van der Waals surface area contributed by atoms with Gasteiger partial charge in [0, 0.05) is 12.0 Å². The SMILES string of the molecule is CC(c1ccccc1)C(O)C(C)N1CCC1. The van der Waals surface area contributed by atoms with E-state index in [1.165, 1.54) is 12.0 Å². The molecule has 1 aromatic rings. The average molecular weight is 219 g/mol. The molecule has 0 bridgehead atoms. The molecular weight excluding hydrogens is 198 g/mol. The van der Waals surface area contributed by atoms with Crippen molar-refractivity contribution in [2.45, 2.75) is 38.3 Å². The molecule has 1 aliphatic heterocycles. The first-order valence-electron chi connectivity index (χ1n) is 6.17. The van der Waals surface area contributed by atoms with E-state index in [2.05, 4.69) is 30.9 Å². The Labute approximate surface area is 97.9 Å². The van der Waals surface area contributed by atoms with Gasteiger partial charge in [-0.1, -0.05) is 37.3 Å². The second-order valence-corrected chi connectivity index (χ2v) is 4.82. The van der Waals surface area contributed by atoms with Gasteiger partial charge in [-0.3, -0.25) is 4.90 Å². The fourth-order valence-electron chi connectivity index (χ4n) is 2.34. The molecule has 0 radical (unpaired) electrons. The zero-order chi connectivity index (χ0) is 11.5. The van der Waals surface area contributed by atoms with Crippen molar-refractivity contribution >= 4 is 0 Å². The molecule has 1 aliphatic rings. The molecule has 88 valence electrons. The van der Waals surface area contributed by atoms with E-state index < -0.39 is 0 Å². The second kappa shape index (κ2) is 4.98. The number of hydrogen-bond donors (Lipinski definition) is 1. The van der Waals surface area contributed by atoms with Crippen molar-refractivity contribution < 1.29 is 5.11 Å². The van der Waals surface area contributed by atoms with Crippen LogP contribution in [0.25, 0.3) is 0 Å². The molecule has 0 spiro atoms. The molecule has 2 rings (SSSR count). The largest absolute Gasteiger partial charge is 0.391 e. The van der Waals surface area contributed by atoms with E-state index in [9.17, 15) is 5.11 Å². The highest BCUT2D eigenvalue weighted by Gasteiger charge is 2.29.